The molecule has 4 heteroatoms. The van der Waals surface area contributed by atoms with E-state index in [1.54, 1.807) is 0 Å². The molecule has 1 amide bonds. The van der Waals surface area contributed by atoms with E-state index in [1.165, 1.54) is 4.90 Å². The van der Waals surface area contributed by atoms with Crippen LogP contribution in [-0.2, 0) is 17.6 Å². The van der Waals surface area contributed by atoms with Crippen LogP contribution in [0.25, 0.3) is 0 Å². The molecule has 0 fully saturated rings. The maximum Gasteiger partial charge on any atom is 0.242 e. The number of aryl methyl sites for hydroxylation is 2. The minimum absolute atomic E-state index is 0.0373. The van der Waals surface area contributed by atoms with Gasteiger partial charge in [0, 0.05) is 0 Å². The second-order valence-electron chi connectivity index (χ2n) is 3.90. The van der Waals surface area contributed by atoms with Crippen molar-refractivity contribution in [1.29, 1.82) is 5.26 Å². The standard InChI is InChI=1S/C14H17ClN2O/c1-3-11-6-5-7-12(4-2)14(11)17(9-8-16)13(18)10-15/h5-7H,3-4,9-10H2,1-2H3. The number of nitrogens with zero attached hydrogens (tertiary/aromatic N) is 2. The molecular weight excluding hydrogens is 248 g/mol. The third kappa shape index (κ3) is 3.02. The van der Waals surface area contributed by atoms with Gasteiger partial charge in [-0.1, -0.05) is 32.0 Å². The maximum absolute atomic E-state index is 11.9. The molecule has 0 aliphatic carbocycles. The smallest absolute Gasteiger partial charge is 0.242 e. The van der Waals surface area contributed by atoms with Gasteiger partial charge < -0.3 is 0 Å². The Balaban J connectivity index is 3.33. The molecule has 0 aliphatic rings. The van der Waals surface area contributed by atoms with E-state index in [9.17, 15) is 4.79 Å². The summed E-state index contributed by atoms with van der Waals surface area (Å²) < 4.78 is 0. The van der Waals surface area contributed by atoms with Crippen molar-refractivity contribution in [2.45, 2.75) is 26.7 Å². The number of rotatable bonds is 5. The van der Waals surface area contributed by atoms with Crippen LogP contribution in [0.5, 0.6) is 0 Å². The van der Waals surface area contributed by atoms with Crippen LogP contribution in [0.4, 0.5) is 5.69 Å². The van der Waals surface area contributed by atoms with Gasteiger partial charge in [-0.25, -0.2) is 0 Å². The molecule has 0 atom stereocenters. The number of para-hydroxylation sites is 1. The number of anilines is 1. The lowest BCUT2D eigenvalue weighted by molar-refractivity contribution is -0.116. The fourth-order valence-electron chi connectivity index (χ4n) is 2.00. The second kappa shape index (κ2) is 7.03. The number of hydrogen-bond acceptors (Lipinski definition) is 2. The third-order valence-electron chi connectivity index (χ3n) is 2.88. The third-order valence-corrected chi connectivity index (χ3v) is 3.11. The first kappa shape index (κ1) is 14.5. The van der Waals surface area contributed by atoms with Gasteiger partial charge in [-0.05, 0) is 24.0 Å². The highest BCUT2D eigenvalue weighted by Gasteiger charge is 2.19. The topological polar surface area (TPSA) is 44.1 Å². The average Bonchev–Trinajstić information content (AvgIpc) is 2.43. The van der Waals surface area contributed by atoms with Gasteiger partial charge >= 0.3 is 0 Å². The average molecular weight is 265 g/mol. The molecule has 1 rings (SSSR count). The van der Waals surface area contributed by atoms with Crippen molar-refractivity contribution < 1.29 is 4.79 Å². The minimum atomic E-state index is -0.228. The first-order chi connectivity index (χ1) is 8.69. The fourth-order valence-corrected chi connectivity index (χ4v) is 2.14. The van der Waals surface area contributed by atoms with Gasteiger partial charge in [0.15, 0.2) is 0 Å². The molecule has 0 unspecified atom stereocenters. The van der Waals surface area contributed by atoms with Crippen molar-refractivity contribution in [3.8, 4) is 6.07 Å². The molecule has 0 heterocycles. The Labute approximate surface area is 113 Å². The molecule has 0 spiro atoms. The maximum atomic E-state index is 11.9. The summed E-state index contributed by atoms with van der Waals surface area (Å²) in [5.41, 5.74) is 3.00. The Bertz CT molecular complexity index is 443. The lowest BCUT2D eigenvalue weighted by Gasteiger charge is -2.24. The van der Waals surface area contributed by atoms with Crippen LogP contribution in [0.15, 0.2) is 18.2 Å². The summed E-state index contributed by atoms with van der Waals surface area (Å²) in [4.78, 5) is 13.4. The SMILES string of the molecule is CCc1cccc(CC)c1N(CC#N)C(=O)CCl. The van der Waals surface area contributed by atoms with E-state index in [0.29, 0.717) is 0 Å². The van der Waals surface area contributed by atoms with Crippen LogP contribution >= 0.6 is 11.6 Å². The van der Waals surface area contributed by atoms with Gasteiger partial charge in [-0.15, -0.1) is 11.6 Å². The largest absolute Gasteiger partial charge is 0.297 e. The highest BCUT2D eigenvalue weighted by Crippen LogP contribution is 2.27. The number of nitriles is 1. The molecule has 1 aromatic carbocycles. The summed E-state index contributed by atoms with van der Waals surface area (Å²) in [6.45, 7) is 4.11. The monoisotopic (exact) mass is 264 g/mol. The number of amides is 1. The van der Waals surface area contributed by atoms with Crippen molar-refractivity contribution in [2.75, 3.05) is 17.3 Å². The molecule has 1 aromatic rings. The summed E-state index contributed by atoms with van der Waals surface area (Å²) in [5.74, 6) is -0.336. The second-order valence-corrected chi connectivity index (χ2v) is 4.17. The van der Waals surface area contributed by atoms with Crippen LogP contribution in [0.2, 0.25) is 0 Å². The van der Waals surface area contributed by atoms with E-state index in [0.717, 1.165) is 29.7 Å². The van der Waals surface area contributed by atoms with Gasteiger partial charge in [-0.3, -0.25) is 9.69 Å². The molecule has 0 radical (unpaired) electrons. The van der Waals surface area contributed by atoms with Crippen molar-refractivity contribution >= 4 is 23.2 Å². The van der Waals surface area contributed by atoms with Crippen LogP contribution in [0, 0.1) is 11.3 Å². The molecule has 0 N–H and O–H groups in total. The van der Waals surface area contributed by atoms with E-state index in [-0.39, 0.29) is 18.3 Å². The van der Waals surface area contributed by atoms with E-state index < -0.39 is 0 Å². The molecule has 3 nitrogen and oxygen atoms in total. The van der Waals surface area contributed by atoms with E-state index in [4.69, 9.17) is 16.9 Å². The predicted molar refractivity (Wildman–Crippen MR) is 73.9 cm³/mol. The Morgan fingerprint density at radius 1 is 1.33 bits per heavy atom. The van der Waals surface area contributed by atoms with E-state index >= 15 is 0 Å². The van der Waals surface area contributed by atoms with E-state index in [1.807, 2.05) is 38.1 Å². The number of benzene rings is 1. The minimum Gasteiger partial charge on any atom is -0.297 e. The molecular formula is C14H17ClN2O. The highest BCUT2D eigenvalue weighted by molar-refractivity contribution is 6.29. The van der Waals surface area contributed by atoms with Crippen molar-refractivity contribution in [3.63, 3.8) is 0 Å². The molecule has 18 heavy (non-hydrogen) atoms. The lowest BCUT2D eigenvalue weighted by Crippen LogP contribution is -2.33. The highest BCUT2D eigenvalue weighted by atomic mass is 35.5. The van der Waals surface area contributed by atoms with E-state index in [2.05, 4.69) is 0 Å². The summed E-state index contributed by atoms with van der Waals surface area (Å²) in [7, 11) is 0. The van der Waals surface area contributed by atoms with Crippen LogP contribution in [0.1, 0.15) is 25.0 Å². The zero-order valence-electron chi connectivity index (χ0n) is 10.7. The zero-order chi connectivity index (χ0) is 13.5. The summed E-state index contributed by atoms with van der Waals surface area (Å²) in [5, 5.41) is 8.88. The quantitative estimate of drug-likeness (QED) is 0.606. The Hall–Kier alpha value is -1.53. The summed E-state index contributed by atoms with van der Waals surface area (Å²) in [6.07, 6.45) is 1.64. The number of alkyl halides is 1. The first-order valence-corrected chi connectivity index (χ1v) is 6.57. The fraction of sp³-hybridized carbons (Fsp3) is 0.429. The Kier molecular flexibility index (Phi) is 5.67. The Morgan fingerprint density at radius 2 is 1.89 bits per heavy atom. The lowest BCUT2D eigenvalue weighted by atomic mass is 10.0. The Morgan fingerprint density at radius 3 is 2.28 bits per heavy atom. The van der Waals surface area contributed by atoms with Gasteiger partial charge in [0.05, 0.1) is 11.8 Å². The molecule has 0 aliphatic heterocycles. The number of carbonyl (C=O) groups is 1. The van der Waals surface area contributed by atoms with Gasteiger partial charge in [0.1, 0.15) is 12.4 Å². The van der Waals surface area contributed by atoms with Gasteiger partial charge in [0.2, 0.25) is 5.91 Å². The molecule has 96 valence electrons. The van der Waals surface area contributed by atoms with Crippen molar-refractivity contribution in [2.24, 2.45) is 0 Å². The van der Waals surface area contributed by atoms with Crippen LogP contribution < -0.4 is 4.90 Å². The number of halogens is 1. The zero-order valence-corrected chi connectivity index (χ0v) is 11.5. The number of carbonyl (C=O) groups excluding carboxylic acids is 1. The molecule has 0 bridgehead atoms. The molecule has 0 aromatic heterocycles. The summed E-state index contributed by atoms with van der Waals surface area (Å²) >= 11 is 5.62. The first-order valence-electron chi connectivity index (χ1n) is 6.03. The predicted octanol–water partition coefficient (Wildman–Crippen LogP) is 2.91. The van der Waals surface area contributed by atoms with Gasteiger partial charge in [-0.2, -0.15) is 5.26 Å². The normalized spacial score (nSPS) is 9.89. The van der Waals surface area contributed by atoms with Gasteiger partial charge in [0.25, 0.3) is 0 Å². The summed E-state index contributed by atoms with van der Waals surface area (Å²) in [6, 6.07) is 7.99. The van der Waals surface area contributed by atoms with Crippen LogP contribution in [-0.4, -0.2) is 18.3 Å². The number of hydrogen-bond donors (Lipinski definition) is 0. The van der Waals surface area contributed by atoms with Crippen molar-refractivity contribution in [3.05, 3.63) is 29.3 Å². The molecule has 0 saturated heterocycles. The van der Waals surface area contributed by atoms with Crippen molar-refractivity contribution in [1.82, 2.24) is 0 Å². The molecule has 0 saturated carbocycles. The van der Waals surface area contributed by atoms with Crippen LogP contribution in [0.3, 0.4) is 0 Å².